The van der Waals surface area contributed by atoms with Crippen molar-refractivity contribution in [3.8, 4) is 0 Å². The lowest BCUT2D eigenvalue weighted by Crippen LogP contribution is -2.24. The molecule has 1 atom stereocenters. The van der Waals surface area contributed by atoms with Gasteiger partial charge in [0.25, 0.3) is 0 Å². The van der Waals surface area contributed by atoms with E-state index in [-0.39, 0.29) is 0 Å². The molecule has 0 aliphatic carbocycles. The van der Waals surface area contributed by atoms with Crippen LogP contribution >= 0.6 is 0 Å². The van der Waals surface area contributed by atoms with Crippen LogP contribution in [0.15, 0.2) is 18.3 Å². The Kier molecular flexibility index (Phi) is 2.78. The first kappa shape index (κ1) is 10.7. The maximum Gasteiger partial charge on any atom is 0.160 e. The molecule has 2 aromatic heterocycles. The van der Waals surface area contributed by atoms with Gasteiger partial charge in [0.2, 0.25) is 0 Å². The number of hydrogen-bond acceptors (Lipinski definition) is 4. The van der Waals surface area contributed by atoms with Crippen molar-refractivity contribution >= 4 is 5.65 Å². The van der Waals surface area contributed by atoms with E-state index in [1.54, 1.807) is 0 Å². The van der Waals surface area contributed by atoms with Gasteiger partial charge in [-0.25, -0.2) is 0 Å². The Bertz CT molecular complexity index is 513. The number of aromatic nitrogens is 3. The molecule has 1 aliphatic heterocycles. The van der Waals surface area contributed by atoms with Crippen molar-refractivity contribution in [3.05, 3.63) is 29.7 Å². The fraction of sp³-hybridized carbons (Fsp3) is 0.500. The lowest BCUT2D eigenvalue weighted by atomic mass is 10.1. The van der Waals surface area contributed by atoms with Crippen LogP contribution in [0.2, 0.25) is 0 Å². The van der Waals surface area contributed by atoms with Crippen LogP contribution in [0.3, 0.4) is 0 Å². The van der Waals surface area contributed by atoms with Crippen LogP contribution in [0, 0.1) is 0 Å². The monoisotopic (exact) mass is 231 g/mol. The van der Waals surface area contributed by atoms with Crippen LogP contribution in [0.5, 0.6) is 0 Å². The molecule has 0 aromatic carbocycles. The summed E-state index contributed by atoms with van der Waals surface area (Å²) in [5.74, 6) is 1.02. The molecule has 5 nitrogen and oxygen atoms in total. The minimum atomic E-state index is 0.545. The van der Waals surface area contributed by atoms with E-state index in [1.807, 2.05) is 18.3 Å². The second kappa shape index (κ2) is 4.43. The minimum absolute atomic E-state index is 0.545. The fourth-order valence-corrected chi connectivity index (χ4v) is 2.39. The van der Waals surface area contributed by atoms with Gasteiger partial charge < -0.3 is 11.1 Å². The molecule has 1 unspecified atom stereocenters. The highest BCUT2D eigenvalue weighted by Crippen LogP contribution is 2.13. The Balaban J connectivity index is 1.92. The third kappa shape index (κ3) is 2.03. The zero-order chi connectivity index (χ0) is 11.7. The second-order valence-electron chi connectivity index (χ2n) is 4.58. The molecular weight excluding hydrogens is 214 g/mol. The third-order valence-electron chi connectivity index (χ3n) is 3.36. The molecular formula is C12H17N5. The van der Waals surface area contributed by atoms with E-state index in [2.05, 4.69) is 19.9 Å². The standard InChI is InChI=1S/C12H17N5/c13-7-9-3-4-11-15-16-12(17(11)8-9)6-10-2-1-5-14-10/h3-4,8,10,14H,1-2,5-7,13H2. The molecule has 5 heteroatoms. The number of nitrogens with two attached hydrogens (primary N) is 1. The first-order valence-electron chi connectivity index (χ1n) is 6.13. The Labute approximate surface area is 100 Å². The highest BCUT2D eigenvalue weighted by molar-refractivity contribution is 5.39. The molecule has 1 fully saturated rings. The van der Waals surface area contributed by atoms with Crippen LogP contribution in [-0.4, -0.2) is 27.2 Å². The molecule has 3 N–H and O–H groups in total. The third-order valence-corrected chi connectivity index (χ3v) is 3.36. The average molecular weight is 231 g/mol. The second-order valence-corrected chi connectivity index (χ2v) is 4.58. The van der Waals surface area contributed by atoms with Crippen LogP contribution in [0.25, 0.3) is 5.65 Å². The summed E-state index contributed by atoms with van der Waals surface area (Å²) in [5.41, 5.74) is 7.66. The van der Waals surface area contributed by atoms with Gasteiger partial charge in [-0.05, 0) is 31.0 Å². The van der Waals surface area contributed by atoms with Crippen molar-refractivity contribution in [1.29, 1.82) is 0 Å². The molecule has 90 valence electrons. The molecule has 0 radical (unpaired) electrons. The fourth-order valence-electron chi connectivity index (χ4n) is 2.39. The summed E-state index contributed by atoms with van der Waals surface area (Å²) < 4.78 is 2.06. The van der Waals surface area contributed by atoms with E-state index < -0.39 is 0 Å². The van der Waals surface area contributed by atoms with Crippen LogP contribution in [0.1, 0.15) is 24.2 Å². The first-order chi connectivity index (χ1) is 8.36. The van der Waals surface area contributed by atoms with E-state index in [1.165, 1.54) is 12.8 Å². The van der Waals surface area contributed by atoms with Crippen molar-refractivity contribution in [2.75, 3.05) is 6.54 Å². The quantitative estimate of drug-likeness (QED) is 0.806. The SMILES string of the molecule is NCc1ccc2nnc(CC3CCCN3)n2c1. The molecule has 0 spiro atoms. The highest BCUT2D eigenvalue weighted by atomic mass is 15.2. The Morgan fingerprint density at radius 2 is 2.35 bits per heavy atom. The molecule has 3 rings (SSSR count). The van der Waals surface area contributed by atoms with Crippen LogP contribution < -0.4 is 11.1 Å². The molecule has 0 amide bonds. The van der Waals surface area contributed by atoms with Crippen molar-refractivity contribution in [2.45, 2.75) is 31.8 Å². The van der Waals surface area contributed by atoms with Crippen molar-refractivity contribution in [1.82, 2.24) is 19.9 Å². The number of fused-ring (bicyclic) bond motifs is 1. The predicted molar refractivity (Wildman–Crippen MR) is 65.6 cm³/mol. The summed E-state index contributed by atoms with van der Waals surface area (Å²) in [6, 6.07) is 4.52. The van der Waals surface area contributed by atoms with Gasteiger partial charge in [0, 0.05) is 25.2 Å². The van der Waals surface area contributed by atoms with Gasteiger partial charge in [-0.3, -0.25) is 4.40 Å². The van der Waals surface area contributed by atoms with E-state index in [0.717, 1.165) is 30.0 Å². The van der Waals surface area contributed by atoms with Crippen LogP contribution in [-0.2, 0) is 13.0 Å². The average Bonchev–Trinajstić information content (AvgIpc) is 2.99. The van der Waals surface area contributed by atoms with Crippen molar-refractivity contribution in [3.63, 3.8) is 0 Å². The van der Waals surface area contributed by atoms with Gasteiger partial charge in [-0.15, -0.1) is 10.2 Å². The maximum atomic E-state index is 5.66. The minimum Gasteiger partial charge on any atom is -0.326 e. The molecule has 3 heterocycles. The summed E-state index contributed by atoms with van der Waals surface area (Å²) in [6.45, 7) is 1.67. The first-order valence-corrected chi connectivity index (χ1v) is 6.13. The van der Waals surface area contributed by atoms with Gasteiger partial charge in [-0.2, -0.15) is 0 Å². The van der Waals surface area contributed by atoms with Gasteiger partial charge >= 0.3 is 0 Å². The predicted octanol–water partition coefficient (Wildman–Crippen LogP) is 0.482. The zero-order valence-electron chi connectivity index (χ0n) is 9.76. The Morgan fingerprint density at radius 3 is 3.12 bits per heavy atom. The number of rotatable bonds is 3. The highest BCUT2D eigenvalue weighted by Gasteiger charge is 2.17. The molecule has 0 saturated carbocycles. The van der Waals surface area contributed by atoms with Gasteiger partial charge in [0.05, 0.1) is 0 Å². The molecule has 1 aliphatic rings. The molecule has 2 aromatic rings. The number of hydrogen-bond donors (Lipinski definition) is 2. The number of nitrogens with one attached hydrogen (secondary N) is 1. The molecule has 0 bridgehead atoms. The summed E-state index contributed by atoms with van der Waals surface area (Å²) in [7, 11) is 0. The van der Waals surface area contributed by atoms with E-state index in [0.29, 0.717) is 12.6 Å². The van der Waals surface area contributed by atoms with E-state index in [9.17, 15) is 0 Å². The summed E-state index contributed by atoms with van der Waals surface area (Å²) in [4.78, 5) is 0. The number of pyridine rings is 1. The normalized spacial score (nSPS) is 20.2. The summed E-state index contributed by atoms with van der Waals surface area (Å²) >= 11 is 0. The molecule has 17 heavy (non-hydrogen) atoms. The van der Waals surface area contributed by atoms with E-state index >= 15 is 0 Å². The Hall–Kier alpha value is -1.46. The van der Waals surface area contributed by atoms with Gasteiger partial charge in [0.1, 0.15) is 5.82 Å². The van der Waals surface area contributed by atoms with Crippen LogP contribution in [0.4, 0.5) is 0 Å². The smallest absolute Gasteiger partial charge is 0.160 e. The van der Waals surface area contributed by atoms with E-state index in [4.69, 9.17) is 5.73 Å². The largest absolute Gasteiger partial charge is 0.326 e. The topological polar surface area (TPSA) is 68.2 Å². The van der Waals surface area contributed by atoms with Crippen molar-refractivity contribution in [2.24, 2.45) is 5.73 Å². The Morgan fingerprint density at radius 1 is 1.41 bits per heavy atom. The summed E-state index contributed by atoms with van der Waals surface area (Å²) in [6.07, 6.45) is 5.47. The zero-order valence-corrected chi connectivity index (χ0v) is 9.76. The lowest BCUT2D eigenvalue weighted by Gasteiger charge is -2.08. The summed E-state index contributed by atoms with van der Waals surface area (Å²) in [5, 5.41) is 11.9. The van der Waals surface area contributed by atoms with Crippen molar-refractivity contribution < 1.29 is 0 Å². The molecule has 1 saturated heterocycles. The maximum absolute atomic E-state index is 5.66. The van der Waals surface area contributed by atoms with Gasteiger partial charge in [-0.1, -0.05) is 6.07 Å². The number of nitrogens with zero attached hydrogens (tertiary/aromatic N) is 3. The van der Waals surface area contributed by atoms with Gasteiger partial charge in [0.15, 0.2) is 5.65 Å². The lowest BCUT2D eigenvalue weighted by molar-refractivity contribution is 0.582.